The van der Waals surface area contributed by atoms with E-state index in [1.54, 1.807) is 12.8 Å². The van der Waals surface area contributed by atoms with Crippen LogP contribution in [0.2, 0.25) is 0 Å². The maximum absolute atomic E-state index is 2.51. The molecule has 9 heavy (non-hydrogen) atoms. The summed E-state index contributed by atoms with van der Waals surface area (Å²) >= 11 is 0. The van der Waals surface area contributed by atoms with Crippen molar-refractivity contribution in [2.45, 2.75) is 26.7 Å². The van der Waals surface area contributed by atoms with E-state index >= 15 is 0 Å². The molecule has 0 aliphatic heterocycles. The highest BCUT2D eigenvalue weighted by Crippen LogP contribution is 2.81. The molecule has 0 aromatic rings. The van der Waals surface area contributed by atoms with E-state index in [1.165, 1.54) is 11.8 Å². The van der Waals surface area contributed by atoms with Crippen molar-refractivity contribution >= 4 is 0 Å². The standard InChI is InChI=1S/C9H14/c1-5-6-3-7-8(4-6)9(5,7)2/h5-8H,3-4H2,1-2H3. The van der Waals surface area contributed by atoms with E-state index < -0.39 is 0 Å². The highest BCUT2D eigenvalue weighted by Gasteiger charge is 2.74. The third-order valence-corrected chi connectivity index (χ3v) is 4.78. The van der Waals surface area contributed by atoms with Crippen molar-refractivity contribution in [2.24, 2.45) is 29.1 Å². The smallest absolute Gasteiger partial charge is 0.0235 e. The van der Waals surface area contributed by atoms with Crippen molar-refractivity contribution in [3.63, 3.8) is 0 Å². The fourth-order valence-electron chi connectivity index (χ4n) is 3.90. The molecular formula is C9H14. The minimum absolute atomic E-state index is 0.852. The van der Waals surface area contributed by atoms with E-state index in [4.69, 9.17) is 0 Å². The van der Waals surface area contributed by atoms with Crippen LogP contribution in [0.15, 0.2) is 0 Å². The molecule has 0 aromatic carbocycles. The zero-order valence-corrected chi connectivity index (χ0v) is 6.22. The first-order valence-electron chi connectivity index (χ1n) is 4.24. The van der Waals surface area contributed by atoms with Crippen LogP contribution in [0.25, 0.3) is 0 Å². The Bertz CT molecular complexity index is 159. The molecule has 4 saturated carbocycles. The molecule has 3 unspecified atom stereocenters. The van der Waals surface area contributed by atoms with E-state index in [2.05, 4.69) is 13.8 Å². The predicted octanol–water partition coefficient (Wildman–Crippen LogP) is 2.30. The average Bonchev–Trinajstić information content (AvgIpc) is 2.32. The second-order valence-electron chi connectivity index (χ2n) is 4.60. The van der Waals surface area contributed by atoms with Gasteiger partial charge in [-0.15, -0.1) is 0 Å². The summed E-state index contributed by atoms with van der Waals surface area (Å²) < 4.78 is 0. The zero-order chi connectivity index (χ0) is 6.22. The van der Waals surface area contributed by atoms with Crippen LogP contribution in [0.1, 0.15) is 26.7 Å². The van der Waals surface area contributed by atoms with E-state index in [1.807, 2.05) is 0 Å². The predicted molar refractivity (Wildman–Crippen MR) is 37.0 cm³/mol. The number of hydrogen-bond donors (Lipinski definition) is 0. The lowest BCUT2D eigenvalue weighted by Gasteiger charge is -2.12. The summed E-state index contributed by atoms with van der Waals surface area (Å²) in [4.78, 5) is 0. The van der Waals surface area contributed by atoms with Gasteiger partial charge in [0.05, 0.1) is 0 Å². The molecule has 0 amide bonds. The fourth-order valence-corrected chi connectivity index (χ4v) is 3.90. The summed E-state index contributed by atoms with van der Waals surface area (Å²) in [6.07, 6.45) is 3.17. The van der Waals surface area contributed by atoms with Crippen LogP contribution < -0.4 is 0 Å². The fraction of sp³-hybridized carbons (Fsp3) is 1.00. The molecule has 4 bridgehead atoms. The van der Waals surface area contributed by atoms with Gasteiger partial charge in [-0.25, -0.2) is 0 Å². The van der Waals surface area contributed by atoms with Crippen LogP contribution >= 0.6 is 0 Å². The van der Waals surface area contributed by atoms with Gasteiger partial charge < -0.3 is 0 Å². The molecule has 50 valence electrons. The van der Waals surface area contributed by atoms with Gasteiger partial charge in [0, 0.05) is 0 Å². The van der Waals surface area contributed by atoms with Gasteiger partial charge in [0.25, 0.3) is 0 Å². The van der Waals surface area contributed by atoms with Gasteiger partial charge in [-0.05, 0) is 41.9 Å². The van der Waals surface area contributed by atoms with Crippen molar-refractivity contribution in [2.75, 3.05) is 0 Å². The van der Waals surface area contributed by atoms with E-state index in [0.29, 0.717) is 0 Å². The largest absolute Gasteiger partial charge is 0.0617 e. The van der Waals surface area contributed by atoms with Gasteiger partial charge in [0.15, 0.2) is 0 Å². The van der Waals surface area contributed by atoms with Gasteiger partial charge in [-0.2, -0.15) is 0 Å². The first kappa shape index (κ1) is 4.76. The molecule has 0 N–H and O–H groups in total. The van der Waals surface area contributed by atoms with Gasteiger partial charge in [-0.1, -0.05) is 13.8 Å². The molecule has 4 fully saturated rings. The van der Waals surface area contributed by atoms with Gasteiger partial charge in [-0.3, -0.25) is 0 Å². The van der Waals surface area contributed by atoms with Crippen LogP contribution in [0.4, 0.5) is 0 Å². The van der Waals surface area contributed by atoms with E-state index in [9.17, 15) is 0 Å². The van der Waals surface area contributed by atoms with Gasteiger partial charge in [0.1, 0.15) is 0 Å². The Kier molecular flexibility index (Phi) is 0.518. The normalized spacial score (nSPS) is 75.3. The summed E-state index contributed by atoms with van der Waals surface area (Å²) in [6, 6.07) is 0. The Hall–Kier alpha value is 0. The second-order valence-corrected chi connectivity index (χ2v) is 4.60. The van der Waals surface area contributed by atoms with Crippen molar-refractivity contribution < 1.29 is 0 Å². The van der Waals surface area contributed by atoms with Gasteiger partial charge >= 0.3 is 0 Å². The topological polar surface area (TPSA) is 0 Å². The van der Waals surface area contributed by atoms with Crippen molar-refractivity contribution in [1.29, 1.82) is 0 Å². The van der Waals surface area contributed by atoms with Crippen LogP contribution in [-0.2, 0) is 0 Å². The first-order valence-corrected chi connectivity index (χ1v) is 4.24. The zero-order valence-electron chi connectivity index (χ0n) is 6.22. The lowest BCUT2D eigenvalue weighted by molar-refractivity contribution is 0.366. The molecule has 4 aliphatic carbocycles. The third kappa shape index (κ3) is 0.281. The lowest BCUT2D eigenvalue weighted by atomic mass is 9.93. The molecule has 0 radical (unpaired) electrons. The molecular weight excluding hydrogens is 108 g/mol. The van der Waals surface area contributed by atoms with Crippen LogP contribution in [0.5, 0.6) is 0 Å². The minimum atomic E-state index is 0.852. The summed E-state index contributed by atoms with van der Waals surface area (Å²) in [6.45, 7) is 4.98. The highest BCUT2D eigenvalue weighted by atomic mass is 14.8. The van der Waals surface area contributed by atoms with Crippen LogP contribution in [0.3, 0.4) is 0 Å². The van der Waals surface area contributed by atoms with E-state index in [0.717, 1.165) is 17.3 Å². The highest BCUT2D eigenvalue weighted by molar-refractivity contribution is 5.23. The van der Waals surface area contributed by atoms with E-state index in [-0.39, 0.29) is 0 Å². The molecule has 0 aromatic heterocycles. The third-order valence-electron chi connectivity index (χ3n) is 4.78. The molecule has 0 spiro atoms. The van der Waals surface area contributed by atoms with Crippen LogP contribution in [-0.4, -0.2) is 0 Å². The molecule has 0 nitrogen and oxygen atoms in total. The monoisotopic (exact) mass is 122 g/mol. The Morgan fingerprint density at radius 3 is 1.89 bits per heavy atom. The Morgan fingerprint density at radius 1 is 1.22 bits per heavy atom. The molecule has 0 saturated heterocycles. The average molecular weight is 122 g/mol. The molecule has 4 rings (SSSR count). The van der Waals surface area contributed by atoms with Crippen molar-refractivity contribution in [1.82, 2.24) is 0 Å². The number of hydrogen-bond acceptors (Lipinski definition) is 0. The van der Waals surface area contributed by atoms with Crippen molar-refractivity contribution in [3.05, 3.63) is 0 Å². The molecule has 3 atom stereocenters. The second kappa shape index (κ2) is 0.980. The summed E-state index contributed by atoms with van der Waals surface area (Å²) in [7, 11) is 0. The van der Waals surface area contributed by atoms with Gasteiger partial charge in [0.2, 0.25) is 0 Å². The first-order chi connectivity index (χ1) is 4.24. The maximum atomic E-state index is 2.51. The lowest BCUT2D eigenvalue weighted by Crippen LogP contribution is -2.05. The maximum Gasteiger partial charge on any atom is -0.0235 e. The summed E-state index contributed by atoms with van der Waals surface area (Å²) in [5, 5.41) is 0. The Morgan fingerprint density at radius 2 is 1.78 bits per heavy atom. The Labute approximate surface area is 56.6 Å². The minimum Gasteiger partial charge on any atom is -0.0617 e. The Balaban J connectivity index is 2.13. The quantitative estimate of drug-likeness (QED) is 0.462. The molecule has 4 aliphatic rings. The molecule has 0 heteroatoms. The SMILES string of the molecule is CC1C2CC3C(C2)C13C. The summed E-state index contributed by atoms with van der Waals surface area (Å²) in [5.74, 6) is 4.58. The number of rotatable bonds is 0. The van der Waals surface area contributed by atoms with Crippen LogP contribution in [0, 0.1) is 29.1 Å². The molecule has 0 heterocycles. The summed E-state index contributed by atoms with van der Waals surface area (Å²) in [5.41, 5.74) is 0.852. The van der Waals surface area contributed by atoms with Crippen molar-refractivity contribution in [3.8, 4) is 0 Å².